The van der Waals surface area contributed by atoms with Gasteiger partial charge >= 0.3 is 12.1 Å². The lowest BCUT2D eigenvalue weighted by Gasteiger charge is -2.24. The molecule has 1 saturated heterocycles. The Bertz CT molecular complexity index is 1010. The van der Waals surface area contributed by atoms with Crippen LogP contribution in [-0.2, 0) is 14.3 Å². The maximum absolute atomic E-state index is 13.0. The zero-order valence-electron chi connectivity index (χ0n) is 19.5. The molecule has 7 nitrogen and oxygen atoms in total. The number of carbonyl (C=O) groups excluding carboxylic acids is 2. The smallest absolute Gasteiger partial charge is 0.407 e. The molecule has 0 bridgehead atoms. The number of benzene rings is 2. The van der Waals surface area contributed by atoms with Crippen molar-refractivity contribution in [1.29, 1.82) is 0 Å². The van der Waals surface area contributed by atoms with Gasteiger partial charge in [0.05, 0.1) is 5.92 Å². The van der Waals surface area contributed by atoms with Gasteiger partial charge in [-0.1, -0.05) is 61.9 Å². The molecule has 1 aliphatic heterocycles. The summed E-state index contributed by atoms with van der Waals surface area (Å²) in [5.74, 6) is -1.20. The lowest BCUT2D eigenvalue weighted by Crippen LogP contribution is -2.41. The maximum Gasteiger partial charge on any atom is 0.407 e. The first-order chi connectivity index (χ1) is 16.5. The van der Waals surface area contributed by atoms with Gasteiger partial charge in [-0.05, 0) is 41.0 Å². The Kier molecular flexibility index (Phi) is 7.50. The highest BCUT2D eigenvalue weighted by Crippen LogP contribution is 2.44. The number of hydrogen-bond donors (Lipinski definition) is 2. The third kappa shape index (κ3) is 5.24. The Morgan fingerprint density at radius 3 is 2.35 bits per heavy atom. The van der Waals surface area contributed by atoms with Crippen molar-refractivity contribution in [2.75, 3.05) is 26.2 Å². The highest BCUT2D eigenvalue weighted by molar-refractivity contribution is 5.81. The number of amides is 2. The number of hydrogen-bond acceptors (Lipinski definition) is 4. The molecule has 4 rings (SSSR count). The zero-order chi connectivity index (χ0) is 24.1. The molecule has 2 N–H and O–H groups in total. The van der Waals surface area contributed by atoms with E-state index in [0.29, 0.717) is 25.9 Å². The van der Waals surface area contributed by atoms with Gasteiger partial charge < -0.3 is 20.1 Å². The highest BCUT2D eigenvalue weighted by Gasteiger charge is 2.32. The lowest BCUT2D eigenvalue weighted by atomic mass is 9.98. The van der Waals surface area contributed by atoms with Crippen molar-refractivity contribution in [3.63, 3.8) is 0 Å². The van der Waals surface area contributed by atoms with Gasteiger partial charge in [-0.25, -0.2) is 4.79 Å². The highest BCUT2D eigenvalue weighted by atomic mass is 16.5. The van der Waals surface area contributed by atoms with E-state index in [9.17, 15) is 14.4 Å². The first-order valence-corrected chi connectivity index (χ1v) is 12.1. The van der Waals surface area contributed by atoms with Gasteiger partial charge in [0.15, 0.2) is 0 Å². The number of carboxylic acid groups (broad SMARTS) is 1. The third-order valence-electron chi connectivity index (χ3n) is 6.88. The molecule has 2 aliphatic rings. The Labute approximate surface area is 200 Å². The van der Waals surface area contributed by atoms with Crippen molar-refractivity contribution >= 4 is 18.0 Å². The van der Waals surface area contributed by atoms with Crippen molar-refractivity contribution in [3.8, 4) is 11.1 Å². The van der Waals surface area contributed by atoms with Crippen LogP contribution in [0.15, 0.2) is 48.5 Å². The number of nitrogens with one attached hydrogen (secondary N) is 1. The summed E-state index contributed by atoms with van der Waals surface area (Å²) in [7, 11) is 0. The molecular formula is C27H32N2O5. The van der Waals surface area contributed by atoms with Gasteiger partial charge in [-0.2, -0.15) is 0 Å². The van der Waals surface area contributed by atoms with Crippen LogP contribution >= 0.6 is 0 Å². The first kappa shape index (κ1) is 23.8. The fourth-order valence-electron chi connectivity index (χ4n) is 5.22. The average Bonchev–Trinajstić information content (AvgIpc) is 3.42. The van der Waals surface area contributed by atoms with Gasteiger partial charge in [-0.15, -0.1) is 0 Å². The van der Waals surface area contributed by atoms with E-state index in [4.69, 9.17) is 9.84 Å². The number of fused-ring (bicyclic) bond motifs is 3. The van der Waals surface area contributed by atoms with E-state index in [1.807, 2.05) is 31.2 Å². The summed E-state index contributed by atoms with van der Waals surface area (Å²) in [6.45, 7) is 3.49. The van der Waals surface area contributed by atoms with Crippen LogP contribution in [0.25, 0.3) is 11.1 Å². The molecule has 2 atom stereocenters. The SMILES string of the molecule is CCCC(CNC(=O)OCC1c2ccccc2-c2ccccc21)C(=O)N1CCC(CC(=O)O)C1. The van der Waals surface area contributed by atoms with Crippen LogP contribution in [-0.4, -0.2) is 54.2 Å². The monoisotopic (exact) mass is 464 g/mol. The number of nitrogens with zero attached hydrogens (tertiary/aromatic N) is 1. The number of carboxylic acids is 1. The van der Waals surface area contributed by atoms with Crippen LogP contribution in [0, 0.1) is 11.8 Å². The minimum absolute atomic E-state index is 0.00109. The topological polar surface area (TPSA) is 95.9 Å². The van der Waals surface area contributed by atoms with E-state index in [1.165, 1.54) is 11.1 Å². The summed E-state index contributed by atoms with van der Waals surface area (Å²) < 4.78 is 5.59. The summed E-state index contributed by atoms with van der Waals surface area (Å²) in [5, 5.41) is 11.8. The van der Waals surface area contributed by atoms with Crippen molar-refractivity contribution in [2.24, 2.45) is 11.8 Å². The maximum atomic E-state index is 13.0. The van der Waals surface area contributed by atoms with Crippen LogP contribution < -0.4 is 5.32 Å². The number of carbonyl (C=O) groups is 3. The fourth-order valence-corrected chi connectivity index (χ4v) is 5.22. The molecule has 34 heavy (non-hydrogen) atoms. The third-order valence-corrected chi connectivity index (χ3v) is 6.88. The zero-order valence-corrected chi connectivity index (χ0v) is 19.5. The number of rotatable bonds is 9. The molecule has 180 valence electrons. The van der Waals surface area contributed by atoms with Gasteiger partial charge in [-0.3, -0.25) is 9.59 Å². The lowest BCUT2D eigenvalue weighted by molar-refractivity contribution is -0.139. The van der Waals surface area contributed by atoms with Crippen LogP contribution in [0.4, 0.5) is 4.79 Å². The van der Waals surface area contributed by atoms with Gasteiger partial charge in [0.1, 0.15) is 6.61 Å². The summed E-state index contributed by atoms with van der Waals surface area (Å²) in [6.07, 6.45) is 1.73. The van der Waals surface area contributed by atoms with Gasteiger partial charge in [0, 0.05) is 32.0 Å². The molecule has 1 heterocycles. The van der Waals surface area contributed by atoms with E-state index in [1.54, 1.807) is 4.90 Å². The molecule has 2 aromatic rings. The molecule has 0 saturated carbocycles. The van der Waals surface area contributed by atoms with Crippen LogP contribution in [0.3, 0.4) is 0 Å². The summed E-state index contributed by atoms with van der Waals surface area (Å²) in [5.41, 5.74) is 4.65. The minimum atomic E-state index is -0.832. The fraction of sp³-hybridized carbons (Fsp3) is 0.444. The number of likely N-dealkylation sites (tertiary alicyclic amines) is 1. The van der Waals surface area contributed by atoms with Crippen LogP contribution in [0.1, 0.15) is 49.7 Å². The van der Waals surface area contributed by atoms with Crippen LogP contribution in [0.2, 0.25) is 0 Å². The largest absolute Gasteiger partial charge is 0.481 e. The van der Waals surface area contributed by atoms with Gasteiger partial charge in [0.2, 0.25) is 5.91 Å². The Morgan fingerprint density at radius 1 is 1.09 bits per heavy atom. The Hall–Kier alpha value is -3.35. The van der Waals surface area contributed by atoms with Crippen molar-refractivity contribution in [3.05, 3.63) is 59.7 Å². The van der Waals surface area contributed by atoms with E-state index in [2.05, 4.69) is 29.6 Å². The second-order valence-corrected chi connectivity index (χ2v) is 9.23. The summed E-state index contributed by atoms with van der Waals surface area (Å²) in [6, 6.07) is 16.4. The summed E-state index contributed by atoms with van der Waals surface area (Å²) >= 11 is 0. The molecule has 1 aliphatic carbocycles. The summed E-state index contributed by atoms with van der Waals surface area (Å²) in [4.78, 5) is 38.3. The molecule has 2 aromatic carbocycles. The molecule has 2 unspecified atom stereocenters. The Balaban J connectivity index is 1.31. The number of aliphatic carboxylic acids is 1. The normalized spacial score (nSPS) is 17.7. The molecule has 0 aromatic heterocycles. The van der Waals surface area contributed by atoms with Crippen molar-refractivity contribution in [1.82, 2.24) is 10.2 Å². The van der Waals surface area contributed by atoms with E-state index in [-0.39, 0.29) is 43.2 Å². The number of ether oxygens (including phenoxy) is 1. The second-order valence-electron chi connectivity index (χ2n) is 9.23. The minimum Gasteiger partial charge on any atom is -0.481 e. The molecular weight excluding hydrogens is 432 g/mol. The predicted molar refractivity (Wildman–Crippen MR) is 128 cm³/mol. The molecule has 1 fully saturated rings. The van der Waals surface area contributed by atoms with E-state index < -0.39 is 12.1 Å². The van der Waals surface area contributed by atoms with Crippen molar-refractivity contribution < 1.29 is 24.2 Å². The first-order valence-electron chi connectivity index (χ1n) is 12.1. The second kappa shape index (κ2) is 10.7. The number of alkyl carbamates (subject to hydrolysis) is 1. The van der Waals surface area contributed by atoms with E-state index in [0.717, 1.165) is 17.5 Å². The van der Waals surface area contributed by atoms with Crippen molar-refractivity contribution in [2.45, 2.75) is 38.5 Å². The predicted octanol–water partition coefficient (Wildman–Crippen LogP) is 4.26. The van der Waals surface area contributed by atoms with Gasteiger partial charge in [0.25, 0.3) is 0 Å². The van der Waals surface area contributed by atoms with Crippen LogP contribution in [0.5, 0.6) is 0 Å². The quantitative estimate of drug-likeness (QED) is 0.578. The molecule has 7 heteroatoms. The molecule has 2 amide bonds. The molecule has 0 spiro atoms. The molecule has 0 radical (unpaired) electrons. The standard InChI is InChI=1S/C27H32N2O5/c1-2-7-19(26(32)29-13-12-18(16-29)14-25(30)31)15-28-27(33)34-17-24-22-10-5-3-8-20(22)21-9-4-6-11-23(21)24/h3-6,8-11,18-19,24H,2,7,12-17H2,1H3,(H,28,33)(H,30,31). The van der Waals surface area contributed by atoms with E-state index >= 15 is 0 Å². The Morgan fingerprint density at radius 2 is 1.74 bits per heavy atom. The average molecular weight is 465 g/mol.